The summed E-state index contributed by atoms with van der Waals surface area (Å²) in [6.45, 7) is 5.70. The molecule has 15 heteroatoms. The number of fused-ring (bicyclic) bond motifs is 1. The largest absolute Gasteiger partial charge is 0.461 e. The zero-order chi connectivity index (χ0) is 32.1. The molecule has 2 heterocycles. The topological polar surface area (TPSA) is 103 Å². The van der Waals surface area contributed by atoms with Gasteiger partial charge in [0.25, 0.3) is 0 Å². The highest BCUT2D eigenvalue weighted by Gasteiger charge is 2.42. The Morgan fingerprint density at radius 3 is 2.33 bits per heavy atom. The van der Waals surface area contributed by atoms with Crippen LogP contribution in [-0.4, -0.2) is 57.2 Å². The highest BCUT2D eigenvalue weighted by atomic mass is 19.4. The lowest BCUT2D eigenvalue weighted by molar-refractivity contribution is -0.148. The first kappa shape index (κ1) is 33.7. The fraction of sp³-hybridized carbons (Fsp3) is 0.571. The second-order valence-electron chi connectivity index (χ2n) is 11.1. The van der Waals surface area contributed by atoms with Crippen molar-refractivity contribution in [2.75, 3.05) is 13.2 Å². The normalized spacial score (nSPS) is 14.2. The minimum absolute atomic E-state index is 0.0124. The molecule has 1 aliphatic heterocycles. The first-order valence-corrected chi connectivity index (χ1v) is 13.7. The molecular formula is C28H34F6N4O5. The van der Waals surface area contributed by atoms with Crippen molar-refractivity contribution in [1.29, 1.82) is 0 Å². The minimum atomic E-state index is -4.88. The first-order valence-electron chi connectivity index (χ1n) is 13.7. The van der Waals surface area contributed by atoms with Crippen molar-refractivity contribution in [3.8, 4) is 0 Å². The predicted octanol–water partition coefficient (Wildman–Crippen LogP) is 5.53. The molecule has 2 amide bonds. The molecule has 1 N–H and O–H groups in total. The van der Waals surface area contributed by atoms with E-state index in [1.165, 1.54) is 0 Å². The van der Waals surface area contributed by atoms with Gasteiger partial charge in [-0.05, 0) is 45.2 Å². The summed E-state index contributed by atoms with van der Waals surface area (Å²) in [6, 6.07) is -0.235. The van der Waals surface area contributed by atoms with E-state index in [1.807, 2.05) is 6.92 Å². The number of rotatable bonds is 10. The van der Waals surface area contributed by atoms with E-state index in [9.17, 15) is 40.7 Å². The summed E-state index contributed by atoms with van der Waals surface area (Å²) in [5.41, 5.74) is -1.99. The third-order valence-electron chi connectivity index (χ3n) is 6.48. The molecule has 43 heavy (non-hydrogen) atoms. The highest BCUT2D eigenvalue weighted by Crippen LogP contribution is 2.33. The Morgan fingerprint density at radius 2 is 1.70 bits per heavy atom. The number of carbonyl (C=O) groups excluding carboxylic acids is 3. The van der Waals surface area contributed by atoms with Crippen LogP contribution in [0.25, 0.3) is 0 Å². The van der Waals surface area contributed by atoms with Crippen molar-refractivity contribution in [2.45, 2.75) is 90.7 Å². The second-order valence-corrected chi connectivity index (χ2v) is 11.1. The standard InChI is InChI=1S/C28H34F6N4O5/c1-5-6-7-10-42-24(40)23-21-15-37(8-9-38(21)25(36-23)28(32,33)34)22(39)13-17(35-26(41)43-27(2,3)4)11-16-12-19(30)20(31)14-18(16)29/h12,14,17H,5-11,13,15H2,1-4H3,(H,35,41)/t17-/m1/s1. The number of unbranched alkanes of at least 4 members (excludes halogenated alkanes) is 2. The van der Waals surface area contributed by atoms with E-state index in [1.54, 1.807) is 20.8 Å². The monoisotopic (exact) mass is 620 g/mol. The lowest BCUT2D eigenvalue weighted by atomic mass is 10.0. The average Bonchev–Trinajstić information content (AvgIpc) is 3.28. The summed E-state index contributed by atoms with van der Waals surface area (Å²) < 4.78 is 94.0. The van der Waals surface area contributed by atoms with E-state index in [2.05, 4.69) is 10.3 Å². The fourth-order valence-corrected chi connectivity index (χ4v) is 4.52. The van der Waals surface area contributed by atoms with Crippen LogP contribution >= 0.6 is 0 Å². The number of aromatic nitrogens is 2. The van der Waals surface area contributed by atoms with Crippen LogP contribution in [0.5, 0.6) is 0 Å². The molecule has 0 bridgehead atoms. The fourth-order valence-electron chi connectivity index (χ4n) is 4.52. The lowest BCUT2D eigenvalue weighted by Gasteiger charge is -2.31. The SMILES string of the molecule is CCCCCOC(=O)c1nc(C(F)(F)F)n2c1CN(C(=O)C[C@@H](Cc1cc(F)c(F)cc1F)NC(=O)OC(C)(C)C)CC2. The zero-order valence-electron chi connectivity index (χ0n) is 24.2. The highest BCUT2D eigenvalue weighted by molar-refractivity contribution is 5.89. The summed E-state index contributed by atoms with van der Waals surface area (Å²) in [4.78, 5) is 43.2. The van der Waals surface area contributed by atoms with Gasteiger partial charge in [0.05, 0.1) is 18.8 Å². The number of benzene rings is 1. The second kappa shape index (κ2) is 13.7. The number of hydrogen-bond acceptors (Lipinski definition) is 6. The molecular weight excluding hydrogens is 586 g/mol. The van der Waals surface area contributed by atoms with Crippen LogP contribution in [0.4, 0.5) is 31.1 Å². The van der Waals surface area contributed by atoms with E-state index >= 15 is 0 Å². The van der Waals surface area contributed by atoms with Crippen molar-refractivity contribution in [3.63, 3.8) is 0 Å². The molecule has 238 valence electrons. The van der Waals surface area contributed by atoms with Crippen LogP contribution in [0, 0.1) is 17.5 Å². The van der Waals surface area contributed by atoms with Crippen molar-refractivity contribution in [1.82, 2.24) is 19.8 Å². The Kier molecular flexibility index (Phi) is 10.7. The summed E-state index contributed by atoms with van der Waals surface area (Å²) in [7, 11) is 0. The molecule has 1 aliphatic rings. The van der Waals surface area contributed by atoms with Gasteiger partial charge >= 0.3 is 18.2 Å². The molecule has 0 unspecified atom stereocenters. The minimum Gasteiger partial charge on any atom is -0.461 e. The van der Waals surface area contributed by atoms with Gasteiger partial charge < -0.3 is 24.3 Å². The van der Waals surface area contributed by atoms with Gasteiger partial charge in [-0.3, -0.25) is 4.79 Å². The molecule has 3 rings (SSSR count). The summed E-state index contributed by atoms with van der Waals surface area (Å²) >= 11 is 0. The number of carbonyl (C=O) groups is 3. The molecule has 9 nitrogen and oxygen atoms in total. The third-order valence-corrected chi connectivity index (χ3v) is 6.48. The first-order chi connectivity index (χ1) is 20.0. The van der Waals surface area contributed by atoms with E-state index in [0.29, 0.717) is 18.6 Å². The van der Waals surface area contributed by atoms with Crippen LogP contribution in [0.1, 0.15) is 80.9 Å². The van der Waals surface area contributed by atoms with Crippen molar-refractivity contribution < 1.29 is 50.2 Å². The molecule has 0 saturated heterocycles. The zero-order valence-corrected chi connectivity index (χ0v) is 24.2. The number of nitrogens with one attached hydrogen (secondary N) is 1. The number of hydrogen-bond donors (Lipinski definition) is 1. The molecule has 0 spiro atoms. The average molecular weight is 621 g/mol. The van der Waals surface area contributed by atoms with Gasteiger partial charge in [-0.1, -0.05) is 19.8 Å². The number of alkyl halides is 3. The molecule has 1 atom stereocenters. The number of esters is 1. The summed E-state index contributed by atoms with van der Waals surface area (Å²) in [5, 5.41) is 2.43. The Morgan fingerprint density at radius 1 is 1.02 bits per heavy atom. The Balaban J connectivity index is 1.84. The molecule has 2 aromatic rings. The number of ether oxygens (including phenoxy) is 2. The van der Waals surface area contributed by atoms with Gasteiger partial charge in [0.1, 0.15) is 11.4 Å². The van der Waals surface area contributed by atoms with Gasteiger partial charge in [-0.15, -0.1) is 0 Å². The molecule has 0 radical (unpaired) electrons. The Bertz CT molecular complexity index is 1340. The predicted molar refractivity (Wildman–Crippen MR) is 140 cm³/mol. The van der Waals surface area contributed by atoms with E-state index in [0.717, 1.165) is 22.3 Å². The van der Waals surface area contributed by atoms with Crippen molar-refractivity contribution in [3.05, 3.63) is 52.4 Å². The van der Waals surface area contributed by atoms with Crippen molar-refractivity contribution in [2.24, 2.45) is 0 Å². The molecule has 1 aromatic heterocycles. The number of imidazole rings is 1. The van der Waals surface area contributed by atoms with E-state index in [-0.39, 0.29) is 31.0 Å². The molecule has 0 saturated carbocycles. The molecule has 0 fully saturated rings. The maximum atomic E-state index is 14.4. The number of alkyl carbamates (subject to hydrolysis) is 1. The van der Waals surface area contributed by atoms with Crippen LogP contribution < -0.4 is 5.32 Å². The van der Waals surface area contributed by atoms with Gasteiger partial charge in [-0.2, -0.15) is 13.2 Å². The van der Waals surface area contributed by atoms with Crippen LogP contribution in [0.15, 0.2) is 12.1 Å². The molecule has 0 aliphatic carbocycles. The van der Waals surface area contributed by atoms with Gasteiger partial charge in [0.15, 0.2) is 17.3 Å². The summed E-state index contributed by atoms with van der Waals surface area (Å²) in [5.74, 6) is -6.89. The number of nitrogens with zero attached hydrogens (tertiary/aromatic N) is 3. The number of amides is 2. The summed E-state index contributed by atoms with van der Waals surface area (Å²) in [6.07, 6.45) is -4.69. The van der Waals surface area contributed by atoms with Crippen molar-refractivity contribution >= 4 is 18.0 Å². The van der Waals surface area contributed by atoms with E-state index < -0.39 is 84.1 Å². The quantitative estimate of drug-likeness (QED) is 0.162. The maximum Gasteiger partial charge on any atom is 0.449 e. The van der Waals surface area contributed by atoms with E-state index in [4.69, 9.17) is 9.47 Å². The van der Waals surface area contributed by atoms with Crippen LogP contribution in [0.2, 0.25) is 0 Å². The Hall–Kier alpha value is -3.78. The van der Waals surface area contributed by atoms with Gasteiger partial charge in [-0.25, -0.2) is 27.7 Å². The lowest BCUT2D eigenvalue weighted by Crippen LogP contribution is -2.45. The van der Waals surface area contributed by atoms with Gasteiger partial charge in [0.2, 0.25) is 11.7 Å². The molecule has 1 aromatic carbocycles. The number of halogens is 6. The maximum absolute atomic E-state index is 14.4. The van der Waals surface area contributed by atoms with Crippen LogP contribution in [-0.2, 0) is 40.0 Å². The smallest absolute Gasteiger partial charge is 0.449 e. The third kappa shape index (κ3) is 9.10. The van der Waals surface area contributed by atoms with Crippen LogP contribution in [0.3, 0.4) is 0 Å². The van der Waals surface area contributed by atoms with Gasteiger partial charge in [0, 0.05) is 31.6 Å². The Labute approximate surface area is 244 Å².